The number of nitrogens with zero attached hydrogens (tertiary/aromatic N) is 1. The minimum atomic E-state index is -0.332. The Morgan fingerprint density at radius 3 is 2.90 bits per heavy atom. The molecule has 2 atom stereocenters. The Labute approximate surface area is 127 Å². The molecular formula is C18H25NO2. The zero-order chi connectivity index (χ0) is 15.1. The molecule has 1 fully saturated rings. The molecule has 1 amide bonds. The molecule has 2 rings (SSSR count). The fraction of sp³-hybridized carbons (Fsp3) is 0.500. The Kier molecular flexibility index (Phi) is 6.00. The zero-order valence-electron chi connectivity index (χ0n) is 12.7. The molecule has 3 heteroatoms. The van der Waals surface area contributed by atoms with E-state index >= 15 is 0 Å². The summed E-state index contributed by atoms with van der Waals surface area (Å²) in [5, 5.41) is 9.50. The van der Waals surface area contributed by atoms with Crippen LogP contribution in [0, 0.1) is 0 Å². The van der Waals surface area contributed by atoms with Gasteiger partial charge in [0, 0.05) is 19.0 Å². The molecule has 2 unspecified atom stereocenters. The molecule has 0 radical (unpaired) electrons. The highest BCUT2D eigenvalue weighted by Crippen LogP contribution is 2.22. The topological polar surface area (TPSA) is 40.5 Å². The van der Waals surface area contributed by atoms with E-state index in [1.165, 1.54) is 0 Å². The molecule has 0 spiro atoms. The lowest BCUT2D eigenvalue weighted by Gasteiger charge is -2.25. The number of aliphatic hydroxyl groups excluding tert-OH is 1. The third-order valence-corrected chi connectivity index (χ3v) is 3.95. The van der Waals surface area contributed by atoms with E-state index in [1.807, 2.05) is 23.1 Å². The van der Waals surface area contributed by atoms with Gasteiger partial charge < -0.3 is 10.0 Å². The summed E-state index contributed by atoms with van der Waals surface area (Å²) in [6.07, 6.45) is 7.90. The first kappa shape index (κ1) is 15.8. The van der Waals surface area contributed by atoms with Crippen LogP contribution in [0.5, 0.6) is 0 Å². The van der Waals surface area contributed by atoms with E-state index in [9.17, 15) is 9.90 Å². The van der Waals surface area contributed by atoms with Gasteiger partial charge >= 0.3 is 0 Å². The van der Waals surface area contributed by atoms with Crippen LogP contribution in [0.3, 0.4) is 0 Å². The third-order valence-electron chi connectivity index (χ3n) is 3.95. The number of carbonyl (C=O) groups is 1. The Morgan fingerprint density at radius 2 is 2.19 bits per heavy atom. The predicted octanol–water partition coefficient (Wildman–Crippen LogP) is 3.24. The van der Waals surface area contributed by atoms with Crippen molar-refractivity contribution in [2.75, 3.05) is 6.54 Å². The summed E-state index contributed by atoms with van der Waals surface area (Å²) in [4.78, 5) is 14.2. The number of amides is 1. The second-order valence-electron chi connectivity index (χ2n) is 5.82. The van der Waals surface area contributed by atoms with Crippen LogP contribution in [0.15, 0.2) is 36.4 Å². The number of benzene rings is 1. The first-order valence-corrected chi connectivity index (χ1v) is 7.86. The van der Waals surface area contributed by atoms with E-state index in [0.717, 1.165) is 31.4 Å². The summed E-state index contributed by atoms with van der Waals surface area (Å²) >= 11 is 0. The van der Waals surface area contributed by atoms with Crippen LogP contribution in [-0.4, -0.2) is 34.6 Å². The summed E-state index contributed by atoms with van der Waals surface area (Å²) in [5.41, 5.74) is 1.16. The van der Waals surface area contributed by atoms with Crippen molar-refractivity contribution in [3.8, 4) is 0 Å². The van der Waals surface area contributed by atoms with Gasteiger partial charge in [-0.25, -0.2) is 0 Å². The van der Waals surface area contributed by atoms with Crippen molar-refractivity contribution in [1.29, 1.82) is 0 Å². The molecule has 3 nitrogen and oxygen atoms in total. The van der Waals surface area contributed by atoms with Crippen molar-refractivity contribution in [2.45, 2.75) is 51.2 Å². The van der Waals surface area contributed by atoms with Crippen LogP contribution in [-0.2, 0) is 4.79 Å². The molecule has 1 heterocycles. The van der Waals surface area contributed by atoms with Crippen LogP contribution in [0.1, 0.15) is 44.6 Å². The quantitative estimate of drug-likeness (QED) is 0.872. The number of hydrogen-bond donors (Lipinski definition) is 1. The summed E-state index contributed by atoms with van der Waals surface area (Å²) in [5.74, 6) is 0.218. The maximum atomic E-state index is 12.3. The summed E-state index contributed by atoms with van der Waals surface area (Å²) in [6, 6.07) is 10.4. The lowest BCUT2D eigenvalue weighted by Crippen LogP contribution is -2.36. The first-order chi connectivity index (χ1) is 10.2. The van der Waals surface area contributed by atoms with Gasteiger partial charge in [0.05, 0.1) is 6.10 Å². The lowest BCUT2D eigenvalue weighted by atomic mass is 10.1. The van der Waals surface area contributed by atoms with E-state index in [1.54, 1.807) is 6.92 Å². The highest BCUT2D eigenvalue weighted by Gasteiger charge is 2.28. The fourth-order valence-electron chi connectivity index (χ4n) is 2.94. The molecule has 0 saturated carbocycles. The largest absolute Gasteiger partial charge is 0.393 e. The fourth-order valence-corrected chi connectivity index (χ4v) is 2.94. The molecule has 1 saturated heterocycles. The van der Waals surface area contributed by atoms with Crippen molar-refractivity contribution >= 4 is 12.0 Å². The SMILES string of the molecule is CC(O)CC1CCCN1C(=O)CC/C=C/c1ccccc1. The van der Waals surface area contributed by atoms with E-state index in [2.05, 4.69) is 24.3 Å². The summed E-state index contributed by atoms with van der Waals surface area (Å²) in [7, 11) is 0. The molecule has 1 aliphatic rings. The number of aliphatic hydroxyl groups is 1. The minimum Gasteiger partial charge on any atom is -0.393 e. The van der Waals surface area contributed by atoms with Gasteiger partial charge in [-0.15, -0.1) is 0 Å². The molecule has 1 aromatic rings. The monoisotopic (exact) mass is 287 g/mol. The van der Waals surface area contributed by atoms with Crippen molar-refractivity contribution in [1.82, 2.24) is 4.90 Å². The maximum absolute atomic E-state index is 12.3. The second kappa shape index (κ2) is 7.99. The molecule has 1 aliphatic heterocycles. The molecular weight excluding hydrogens is 262 g/mol. The molecule has 21 heavy (non-hydrogen) atoms. The van der Waals surface area contributed by atoms with Crippen molar-refractivity contribution in [2.24, 2.45) is 0 Å². The molecule has 114 valence electrons. The highest BCUT2D eigenvalue weighted by atomic mass is 16.3. The number of hydrogen-bond acceptors (Lipinski definition) is 2. The molecule has 0 aliphatic carbocycles. The Balaban J connectivity index is 1.77. The normalized spacial score (nSPS) is 20.1. The van der Waals surface area contributed by atoms with Crippen molar-refractivity contribution in [3.63, 3.8) is 0 Å². The van der Waals surface area contributed by atoms with Gasteiger partial charge in [-0.3, -0.25) is 4.79 Å². The van der Waals surface area contributed by atoms with Crippen molar-refractivity contribution in [3.05, 3.63) is 42.0 Å². The predicted molar refractivity (Wildman–Crippen MR) is 85.7 cm³/mol. The standard InChI is InChI=1S/C18H25NO2/c1-15(20)14-17-11-7-13-19(17)18(21)12-6-5-10-16-8-3-2-4-9-16/h2-5,8-10,15,17,20H,6-7,11-14H2,1H3/b10-5+. The van der Waals surface area contributed by atoms with Crippen LogP contribution >= 0.6 is 0 Å². The highest BCUT2D eigenvalue weighted by molar-refractivity contribution is 5.77. The maximum Gasteiger partial charge on any atom is 0.223 e. The average Bonchev–Trinajstić information content (AvgIpc) is 2.92. The number of carbonyl (C=O) groups excluding carboxylic acids is 1. The van der Waals surface area contributed by atoms with E-state index in [-0.39, 0.29) is 18.1 Å². The third kappa shape index (κ3) is 5.01. The first-order valence-electron chi connectivity index (χ1n) is 7.86. The van der Waals surface area contributed by atoms with Gasteiger partial charge in [0.2, 0.25) is 5.91 Å². The Morgan fingerprint density at radius 1 is 1.43 bits per heavy atom. The van der Waals surface area contributed by atoms with Gasteiger partial charge in [-0.2, -0.15) is 0 Å². The summed E-state index contributed by atoms with van der Waals surface area (Å²) in [6.45, 7) is 2.64. The Bertz CT molecular complexity index is 467. The van der Waals surface area contributed by atoms with Crippen LogP contribution in [0.25, 0.3) is 6.08 Å². The van der Waals surface area contributed by atoms with Crippen LogP contribution < -0.4 is 0 Å². The lowest BCUT2D eigenvalue weighted by molar-refractivity contribution is -0.132. The average molecular weight is 287 g/mol. The molecule has 1 aromatic carbocycles. The van der Waals surface area contributed by atoms with Crippen LogP contribution in [0.4, 0.5) is 0 Å². The van der Waals surface area contributed by atoms with E-state index in [4.69, 9.17) is 0 Å². The molecule has 0 bridgehead atoms. The second-order valence-corrected chi connectivity index (χ2v) is 5.82. The van der Waals surface area contributed by atoms with Gasteiger partial charge in [0.1, 0.15) is 0 Å². The van der Waals surface area contributed by atoms with Gasteiger partial charge in [0.25, 0.3) is 0 Å². The van der Waals surface area contributed by atoms with E-state index < -0.39 is 0 Å². The van der Waals surface area contributed by atoms with Crippen molar-refractivity contribution < 1.29 is 9.90 Å². The smallest absolute Gasteiger partial charge is 0.223 e. The Hall–Kier alpha value is -1.61. The number of allylic oxidation sites excluding steroid dienone is 1. The van der Waals surface area contributed by atoms with E-state index in [0.29, 0.717) is 12.8 Å². The van der Waals surface area contributed by atoms with Gasteiger partial charge in [-0.05, 0) is 38.2 Å². The van der Waals surface area contributed by atoms with Crippen LogP contribution in [0.2, 0.25) is 0 Å². The molecule has 1 N–H and O–H groups in total. The zero-order valence-corrected chi connectivity index (χ0v) is 12.7. The number of rotatable bonds is 6. The molecule has 0 aromatic heterocycles. The summed E-state index contributed by atoms with van der Waals surface area (Å²) < 4.78 is 0. The van der Waals surface area contributed by atoms with Gasteiger partial charge in [-0.1, -0.05) is 42.5 Å². The van der Waals surface area contributed by atoms with Gasteiger partial charge in [0.15, 0.2) is 0 Å². The number of likely N-dealkylation sites (tertiary alicyclic amines) is 1. The minimum absolute atomic E-state index is 0.218.